The van der Waals surface area contributed by atoms with Crippen molar-refractivity contribution in [3.63, 3.8) is 0 Å². The number of ether oxygens (including phenoxy) is 3. The normalized spacial score (nSPS) is 11.6. The molecule has 6 nitrogen and oxygen atoms in total. The molecule has 0 aliphatic rings. The lowest BCUT2D eigenvalue weighted by Crippen LogP contribution is -2.25. The zero-order valence-corrected chi connectivity index (χ0v) is 14.3. The molecule has 0 spiro atoms. The lowest BCUT2D eigenvalue weighted by Gasteiger charge is -2.11. The van der Waals surface area contributed by atoms with Crippen molar-refractivity contribution in [3.05, 3.63) is 29.8 Å². The van der Waals surface area contributed by atoms with E-state index >= 15 is 0 Å². The highest BCUT2D eigenvalue weighted by Gasteiger charge is 2.16. The first-order valence-corrected chi connectivity index (χ1v) is 8.28. The zero-order chi connectivity index (χ0) is 17.8. The average molecular weight is 338 g/mol. The van der Waals surface area contributed by atoms with Gasteiger partial charge in [0.15, 0.2) is 6.10 Å². The van der Waals surface area contributed by atoms with Crippen molar-refractivity contribution in [1.82, 2.24) is 0 Å². The van der Waals surface area contributed by atoms with Gasteiger partial charge in [-0.25, -0.2) is 4.79 Å². The highest BCUT2D eigenvalue weighted by atomic mass is 16.5. The monoisotopic (exact) mass is 338 g/mol. The molecule has 134 valence electrons. The fraction of sp³-hybridized carbons (Fsp3) is 0.556. The number of aliphatic hydroxyl groups is 1. The third-order valence-corrected chi connectivity index (χ3v) is 3.24. The standard InChI is InChI=1S/C18H26O6/c1-3-22-17(20)10-5-6-11-24-15-9-7-8-14(12-15)13-16(19)18(21)23-4-2/h7-9,12,16,19H,3-6,10-11,13H2,1-2H3. The van der Waals surface area contributed by atoms with Crippen LogP contribution in [0.4, 0.5) is 0 Å². The molecule has 1 aromatic rings. The van der Waals surface area contributed by atoms with E-state index < -0.39 is 12.1 Å². The first-order valence-electron chi connectivity index (χ1n) is 8.28. The van der Waals surface area contributed by atoms with Crippen LogP contribution in [0.1, 0.15) is 38.7 Å². The van der Waals surface area contributed by atoms with Gasteiger partial charge in [-0.05, 0) is 44.4 Å². The molecule has 0 heterocycles. The molecule has 1 atom stereocenters. The molecule has 0 saturated carbocycles. The molecule has 0 amide bonds. The number of carbonyl (C=O) groups is 2. The maximum Gasteiger partial charge on any atom is 0.335 e. The number of carbonyl (C=O) groups excluding carboxylic acids is 2. The predicted octanol–water partition coefficient (Wildman–Crippen LogP) is 2.27. The van der Waals surface area contributed by atoms with Crippen LogP contribution in [0, 0.1) is 0 Å². The molecule has 1 N–H and O–H groups in total. The molecular weight excluding hydrogens is 312 g/mol. The van der Waals surface area contributed by atoms with Gasteiger partial charge in [-0.1, -0.05) is 12.1 Å². The first-order chi connectivity index (χ1) is 11.6. The minimum Gasteiger partial charge on any atom is -0.494 e. The number of esters is 2. The van der Waals surface area contributed by atoms with Crippen LogP contribution in [0.15, 0.2) is 24.3 Å². The Labute approximate surface area is 142 Å². The van der Waals surface area contributed by atoms with Gasteiger partial charge >= 0.3 is 11.9 Å². The molecule has 0 aliphatic carbocycles. The molecule has 1 rings (SSSR count). The second-order valence-corrected chi connectivity index (χ2v) is 5.23. The van der Waals surface area contributed by atoms with Gasteiger partial charge in [-0.15, -0.1) is 0 Å². The lowest BCUT2D eigenvalue weighted by atomic mass is 10.1. The third kappa shape index (κ3) is 7.97. The van der Waals surface area contributed by atoms with Crippen LogP contribution < -0.4 is 4.74 Å². The van der Waals surface area contributed by atoms with Crippen LogP contribution in [0.5, 0.6) is 5.75 Å². The molecule has 1 aromatic carbocycles. The van der Waals surface area contributed by atoms with Crippen molar-refractivity contribution in [2.75, 3.05) is 19.8 Å². The summed E-state index contributed by atoms with van der Waals surface area (Å²) >= 11 is 0. The van der Waals surface area contributed by atoms with Crippen LogP contribution in [0.25, 0.3) is 0 Å². The number of hydrogen-bond acceptors (Lipinski definition) is 6. The minimum atomic E-state index is -1.18. The van der Waals surface area contributed by atoms with Gasteiger partial charge in [0.2, 0.25) is 0 Å². The summed E-state index contributed by atoms with van der Waals surface area (Å²) in [5, 5.41) is 9.78. The summed E-state index contributed by atoms with van der Waals surface area (Å²) in [6.45, 7) is 4.61. The Kier molecular flexibility index (Phi) is 9.53. The van der Waals surface area contributed by atoms with Gasteiger partial charge in [-0.2, -0.15) is 0 Å². The fourth-order valence-corrected chi connectivity index (χ4v) is 2.10. The Hall–Kier alpha value is -2.08. The van der Waals surface area contributed by atoms with E-state index in [-0.39, 0.29) is 19.0 Å². The maximum atomic E-state index is 11.4. The summed E-state index contributed by atoms with van der Waals surface area (Å²) in [7, 11) is 0. The van der Waals surface area contributed by atoms with E-state index in [1.165, 1.54) is 0 Å². The molecule has 0 saturated heterocycles. The zero-order valence-electron chi connectivity index (χ0n) is 14.3. The predicted molar refractivity (Wildman–Crippen MR) is 88.8 cm³/mol. The summed E-state index contributed by atoms with van der Waals surface area (Å²) in [6, 6.07) is 7.22. The molecule has 0 fully saturated rings. The van der Waals surface area contributed by atoms with Crippen molar-refractivity contribution in [3.8, 4) is 5.75 Å². The van der Waals surface area contributed by atoms with Crippen molar-refractivity contribution < 1.29 is 28.9 Å². The molecule has 0 radical (unpaired) electrons. The summed E-state index contributed by atoms with van der Waals surface area (Å²) in [5.74, 6) is -0.144. The van der Waals surface area contributed by atoms with Crippen molar-refractivity contribution in [2.24, 2.45) is 0 Å². The topological polar surface area (TPSA) is 82.1 Å². The number of unbranched alkanes of at least 4 members (excludes halogenated alkanes) is 1. The van der Waals surface area contributed by atoms with Gasteiger partial charge in [0.25, 0.3) is 0 Å². The quantitative estimate of drug-likeness (QED) is 0.492. The van der Waals surface area contributed by atoms with Gasteiger partial charge in [0, 0.05) is 12.8 Å². The van der Waals surface area contributed by atoms with Crippen LogP contribution in [0.3, 0.4) is 0 Å². The fourth-order valence-electron chi connectivity index (χ4n) is 2.10. The molecule has 0 aliphatic heterocycles. The largest absolute Gasteiger partial charge is 0.494 e. The number of hydrogen-bond donors (Lipinski definition) is 1. The highest BCUT2D eigenvalue weighted by Crippen LogP contribution is 2.16. The van der Waals surface area contributed by atoms with Gasteiger partial charge in [0.1, 0.15) is 5.75 Å². The number of rotatable bonds is 11. The van der Waals surface area contributed by atoms with Crippen LogP contribution in [0.2, 0.25) is 0 Å². The number of aliphatic hydroxyl groups excluding tert-OH is 1. The SMILES string of the molecule is CCOC(=O)CCCCOc1cccc(CC(O)C(=O)OCC)c1. The highest BCUT2D eigenvalue weighted by molar-refractivity contribution is 5.74. The van der Waals surface area contributed by atoms with Crippen LogP contribution in [-0.2, 0) is 25.5 Å². The molecular formula is C18H26O6. The van der Waals surface area contributed by atoms with E-state index in [0.29, 0.717) is 31.8 Å². The number of benzene rings is 1. The second-order valence-electron chi connectivity index (χ2n) is 5.23. The van der Waals surface area contributed by atoms with Crippen LogP contribution in [-0.4, -0.2) is 43.0 Å². The van der Waals surface area contributed by atoms with Crippen molar-refractivity contribution in [1.29, 1.82) is 0 Å². The second kappa shape index (κ2) is 11.5. The van der Waals surface area contributed by atoms with E-state index in [9.17, 15) is 14.7 Å². The van der Waals surface area contributed by atoms with E-state index in [1.807, 2.05) is 12.1 Å². The van der Waals surface area contributed by atoms with E-state index in [2.05, 4.69) is 0 Å². The Bertz CT molecular complexity index is 514. The molecule has 6 heteroatoms. The van der Waals surface area contributed by atoms with Crippen molar-refractivity contribution in [2.45, 2.75) is 45.6 Å². The Morgan fingerprint density at radius 2 is 1.88 bits per heavy atom. The third-order valence-electron chi connectivity index (χ3n) is 3.24. The van der Waals surface area contributed by atoms with E-state index in [0.717, 1.165) is 12.0 Å². The smallest absolute Gasteiger partial charge is 0.335 e. The Morgan fingerprint density at radius 1 is 1.12 bits per heavy atom. The first kappa shape index (κ1) is 20.0. The molecule has 24 heavy (non-hydrogen) atoms. The summed E-state index contributed by atoms with van der Waals surface area (Å²) in [4.78, 5) is 22.6. The molecule has 1 unspecified atom stereocenters. The lowest BCUT2D eigenvalue weighted by molar-refractivity contribution is -0.152. The van der Waals surface area contributed by atoms with Gasteiger partial charge in [-0.3, -0.25) is 4.79 Å². The summed E-state index contributed by atoms with van der Waals surface area (Å²) < 4.78 is 15.3. The Balaban J connectivity index is 2.34. The summed E-state index contributed by atoms with van der Waals surface area (Å²) in [5.41, 5.74) is 0.791. The molecule has 0 bridgehead atoms. The van der Waals surface area contributed by atoms with E-state index in [4.69, 9.17) is 14.2 Å². The van der Waals surface area contributed by atoms with E-state index in [1.54, 1.807) is 26.0 Å². The van der Waals surface area contributed by atoms with Gasteiger partial charge in [0.05, 0.1) is 19.8 Å². The van der Waals surface area contributed by atoms with Gasteiger partial charge < -0.3 is 19.3 Å². The summed E-state index contributed by atoms with van der Waals surface area (Å²) in [6.07, 6.45) is 0.848. The maximum absolute atomic E-state index is 11.4. The van der Waals surface area contributed by atoms with Crippen molar-refractivity contribution >= 4 is 11.9 Å². The Morgan fingerprint density at radius 3 is 2.58 bits per heavy atom. The average Bonchev–Trinajstić information content (AvgIpc) is 2.55. The minimum absolute atomic E-state index is 0.179. The van der Waals surface area contributed by atoms with Crippen LogP contribution >= 0.6 is 0 Å². The molecule has 0 aromatic heterocycles.